The predicted octanol–water partition coefficient (Wildman–Crippen LogP) is 2.62. The first-order chi connectivity index (χ1) is 15.2. The van der Waals surface area contributed by atoms with Crippen molar-refractivity contribution in [3.8, 4) is 0 Å². The number of rotatable bonds is 8. The number of hydrogen-bond donors (Lipinski definition) is 1. The third-order valence-electron chi connectivity index (χ3n) is 6.65. The summed E-state index contributed by atoms with van der Waals surface area (Å²) >= 11 is 0. The van der Waals surface area contributed by atoms with E-state index in [2.05, 4.69) is 43.6 Å². The number of nitrogens with one attached hydrogen (secondary N) is 1. The number of amides is 1. The molecule has 1 fully saturated rings. The Balaban J connectivity index is 1.40. The monoisotopic (exact) mass is 427 g/mol. The highest BCUT2D eigenvalue weighted by molar-refractivity contribution is 5.85. The number of carbonyl (C=O) groups is 1. The molecule has 0 spiro atoms. The number of hydrogen-bond acceptors (Lipinski definition) is 6. The van der Waals surface area contributed by atoms with Crippen molar-refractivity contribution >= 4 is 22.9 Å². The lowest BCUT2D eigenvalue weighted by Crippen LogP contribution is -2.45. The van der Waals surface area contributed by atoms with E-state index in [1.54, 1.807) is 6.33 Å². The van der Waals surface area contributed by atoms with Crippen LogP contribution in [0.5, 0.6) is 0 Å². The van der Waals surface area contributed by atoms with Crippen LogP contribution in [-0.4, -0.2) is 70.1 Å². The molecule has 31 heavy (non-hydrogen) atoms. The van der Waals surface area contributed by atoms with Gasteiger partial charge in [0.05, 0.1) is 5.92 Å². The fourth-order valence-electron chi connectivity index (χ4n) is 4.79. The van der Waals surface area contributed by atoms with E-state index in [1.807, 2.05) is 0 Å². The van der Waals surface area contributed by atoms with Crippen molar-refractivity contribution < 1.29 is 4.79 Å². The molecule has 0 radical (unpaired) electrons. The summed E-state index contributed by atoms with van der Waals surface area (Å²) in [6, 6.07) is 0. The van der Waals surface area contributed by atoms with Gasteiger partial charge < -0.3 is 19.7 Å². The molecule has 170 valence electrons. The lowest BCUT2D eigenvalue weighted by Gasteiger charge is -2.33. The molecule has 8 nitrogen and oxygen atoms in total. The molecule has 0 aromatic carbocycles. The van der Waals surface area contributed by atoms with Crippen molar-refractivity contribution in [2.75, 3.05) is 44.7 Å². The molecule has 2 aromatic heterocycles. The van der Waals surface area contributed by atoms with E-state index in [0.29, 0.717) is 13.1 Å². The van der Waals surface area contributed by atoms with E-state index in [-0.39, 0.29) is 11.8 Å². The minimum absolute atomic E-state index is 0.000142. The summed E-state index contributed by atoms with van der Waals surface area (Å²) in [5.74, 6) is 2.19. The van der Waals surface area contributed by atoms with Gasteiger partial charge in [-0.15, -0.1) is 0 Å². The van der Waals surface area contributed by atoms with Crippen molar-refractivity contribution in [2.24, 2.45) is 5.92 Å². The predicted molar refractivity (Wildman–Crippen MR) is 123 cm³/mol. The van der Waals surface area contributed by atoms with Crippen LogP contribution in [-0.2, 0) is 17.8 Å². The number of carbonyl (C=O) groups excluding carboxylic acids is 1. The zero-order chi connectivity index (χ0) is 21.6. The first-order valence-corrected chi connectivity index (χ1v) is 12.1. The maximum absolute atomic E-state index is 12.8. The Kier molecular flexibility index (Phi) is 7.37. The minimum Gasteiger partial charge on any atom is -0.355 e. The van der Waals surface area contributed by atoms with E-state index < -0.39 is 0 Å². The first kappa shape index (κ1) is 22.0. The van der Waals surface area contributed by atoms with Crippen LogP contribution in [0.1, 0.15) is 57.7 Å². The molecule has 1 N–H and O–H groups in total. The smallest absolute Gasteiger partial charge is 0.224 e. The van der Waals surface area contributed by atoms with Crippen molar-refractivity contribution in [2.45, 2.75) is 64.8 Å². The minimum atomic E-state index is 0.000142. The van der Waals surface area contributed by atoms with Crippen LogP contribution < -0.4 is 10.2 Å². The van der Waals surface area contributed by atoms with Gasteiger partial charge in [0.1, 0.15) is 12.2 Å². The number of likely N-dealkylation sites (N-methyl/N-ethyl adjacent to an activating group) is 1. The normalized spacial score (nSPS) is 19.5. The second-order valence-corrected chi connectivity index (χ2v) is 9.09. The zero-order valence-electron chi connectivity index (χ0n) is 19.1. The highest BCUT2D eigenvalue weighted by atomic mass is 16.1. The number of anilines is 1. The maximum atomic E-state index is 12.8. The molecule has 1 atom stereocenters. The number of piperidine rings is 1. The third-order valence-corrected chi connectivity index (χ3v) is 6.65. The molecular formula is C23H37N7O. The second kappa shape index (κ2) is 10.4. The molecule has 2 aromatic rings. The third kappa shape index (κ3) is 5.17. The molecule has 1 amide bonds. The van der Waals surface area contributed by atoms with Gasteiger partial charge in [0.15, 0.2) is 17.0 Å². The van der Waals surface area contributed by atoms with Gasteiger partial charge in [-0.05, 0) is 45.7 Å². The molecule has 0 saturated carbocycles. The maximum Gasteiger partial charge on any atom is 0.224 e. The SMILES string of the molecule is CCCCN(C)CCNC(=O)C1CCCN(c2ncnc3c2nc2n3CCCCC2)C1. The van der Waals surface area contributed by atoms with Gasteiger partial charge in [0.2, 0.25) is 5.91 Å². The number of aryl methyl sites for hydroxylation is 2. The lowest BCUT2D eigenvalue weighted by molar-refractivity contribution is -0.125. The zero-order valence-corrected chi connectivity index (χ0v) is 19.1. The molecule has 8 heteroatoms. The molecule has 0 bridgehead atoms. The Morgan fingerprint density at radius 3 is 2.97 bits per heavy atom. The van der Waals surface area contributed by atoms with E-state index in [1.165, 1.54) is 32.1 Å². The van der Waals surface area contributed by atoms with Crippen molar-refractivity contribution in [1.29, 1.82) is 0 Å². The molecule has 1 saturated heterocycles. The Bertz CT molecular complexity index is 880. The molecule has 2 aliphatic heterocycles. The van der Waals surface area contributed by atoms with E-state index in [9.17, 15) is 4.79 Å². The summed E-state index contributed by atoms with van der Waals surface area (Å²) in [5, 5.41) is 3.16. The highest BCUT2D eigenvalue weighted by Crippen LogP contribution is 2.29. The quantitative estimate of drug-likeness (QED) is 0.698. The fraction of sp³-hybridized carbons (Fsp3) is 0.739. The standard InChI is InChI=1S/C23H37N7O/c1-3-4-12-28(2)15-11-24-23(31)18-9-8-13-29(16-18)21-20-22(26-17-25-21)30-14-7-5-6-10-19(30)27-20/h17-18H,3-16H2,1-2H3,(H,24,31). The number of fused-ring (bicyclic) bond motifs is 3. The molecule has 2 aliphatic rings. The van der Waals surface area contributed by atoms with Gasteiger partial charge >= 0.3 is 0 Å². The lowest BCUT2D eigenvalue weighted by atomic mass is 9.97. The Hall–Kier alpha value is -2.22. The summed E-state index contributed by atoms with van der Waals surface area (Å²) in [7, 11) is 2.12. The topological polar surface area (TPSA) is 79.2 Å². The molecular weight excluding hydrogens is 390 g/mol. The Labute approximate surface area is 185 Å². The molecule has 4 heterocycles. The number of nitrogens with zero attached hydrogens (tertiary/aromatic N) is 6. The van der Waals surface area contributed by atoms with Crippen molar-refractivity contribution in [3.63, 3.8) is 0 Å². The molecule has 1 unspecified atom stereocenters. The number of aromatic nitrogens is 4. The Morgan fingerprint density at radius 2 is 2.10 bits per heavy atom. The van der Waals surface area contributed by atoms with Gasteiger partial charge in [-0.3, -0.25) is 4.79 Å². The summed E-state index contributed by atoms with van der Waals surface area (Å²) in [6.07, 6.45) is 10.6. The van der Waals surface area contributed by atoms with Crippen LogP contribution in [0.15, 0.2) is 6.33 Å². The van der Waals surface area contributed by atoms with E-state index >= 15 is 0 Å². The van der Waals surface area contributed by atoms with Gasteiger partial charge in [-0.2, -0.15) is 0 Å². The summed E-state index contributed by atoms with van der Waals surface area (Å²) in [5.41, 5.74) is 1.85. The van der Waals surface area contributed by atoms with Crippen LogP contribution in [0.3, 0.4) is 0 Å². The second-order valence-electron chi connectivity index (χ2n) is 9.09. The fourth-order valence-corrected chi connectivity index (χ4v) is 4.79. The number of unbranched alkanes of at least 4 members (excludes halogenated alkanes) is 1. The number of imidazole rings is 1. The van der Waals surface area contributed by atoms with Gasteiger partial charge in [0, 0.05) is 39.1 Å². The Morgan fingerprint density at radius 1 is 1.19 bits per heavy atom. The molecule has 4 rings (SSSR count). The largest absolute Gasteiger partial charge is 0.355 e. The van der Waals surface area contributed by atoms with Crippen LogP contribution >= 0.6 is 0 Å². The van der Waals surface area contributed by atoms with Crippen LogP contribution in [0, 0.1) is 5.92 Å². The first-order valence-electron chi connectivity index (χ1n) is 12.1. The van der Waals surface area contributed by atoms with Gasteiger partial charge in [-0.1, -0.05) is 19.8 Å². The van der Waals surface area contributed by atoms with Crippen molar-refractivity contribution in [1.82, 2.24) is 29.7 Å². The van der Waals surface area contributed by atoms with Crippen molar-refractivity contribution in [3.05, 3.63) is 12.2 Å². The summed E-state index contributed by atoms with van der Waals surface area (Å²) in [4.78, 5) is 31.5. The van der Waals surface area contributed by atoms with E-state index in [4.69, 9.17) is 4.98 Å². The molecule has 0 aliphatic carbocycles. The van der Waals surface area contributed by atoms with E-state index in [0.717, 1.165) is 68.2 Å². The highest BCUT2D eigenvalue weighted by Gasteiger charge is 2.29. The van der Waals surface area contributed by atoms with Gasteiger partial charge in [0.25, 0.3) is 0 Å². The van der Waals surface area contributed by atoms with Crippen LogP contribution in [0.2, 0.25) is 0 Å². The van der Waals surface area contributed by atoms with Crippen LogP contribution in [0.4, 0.5) is 5.82 Å². The average molecular weight is 428 g/mol. The van der Waals surface area contributed by atoms with Crippen LogP contribution in [0.25, 0.3) is 11.2 Å². The average Bonchev–Trinajstić information content (AvgIpc) is 2.98. The van der Waals surface area contributed by atoms with Gasteiger partial charge in [-0.25, -0.2) is 15.0 Å². The summed E-state index contributed by atoms with van der Waals surface area (Å²) < 4.78 is 2.27. The summed E-state index contributed by atoms with van der Waals surface area (Å²) in [6.45, 7) is 7.50.